The number of ether oxygens (including phenoxy) is 3. The summed E-state index contributed by atoms with van der Waals surface area (Å²) in [6, 6.07) is 13.0. The number of benzene rings is 2. The van der Waals surface area contributed by atoms with Crippen molar-refractivity contribution in [2.45, 2.75) is 26.5 Å². The lowest BCUT2D eigenvalue weighted by molar-refractivity contribution is -0.139. The van der Waals surface area contributed by atoms with Crippen LogP contribution >= 0.6 is 34.4 Å². The Balaban J connectivity index is 1.72. The molecule has 34 heavy (non-hydrogen) atoms. The van der Waals surface area contributed by atoms with Gasteiger partial charge < -0.3 is 19.1 Å². The van der Waals surface area contributed by atoms with Gasteiger partial charge in [0, 0.05) is 11.8 Å². The highest BCUT2D eigenvalue weighted by Crippen LogP contribution is 2.44. The molecule has 2 heterocycles. The molecule has 0 radical (unpaired) electrons. The normalized spacial score (nSPS) is 16.6. The van der Waals surface area contributed by atoms with Gasteiger partial charge in [0.15, 0.2) is 16.7 Å². The first-order valence-corrected chi connectivity index (χ1v) is 12.5. The first-order valence-electron chi connectivity index (χ1n) is 10.5. The highest BCUT2D eigenvalue weighted by Gasteiger charge is 2.38. The van der Waals surface area contributed by atoms with Gasteiger partial charge in [0.1, 0.15) is 6.61 Å². The summed E-state index contributed by atoms with van der Waals surface area (Å²) in [5, 5.41) is 12.1. The zero-order valence-electron chi connectivity index (χ0n) is 18.9. The van der Waals surface area contributed by atoms with Crippen molar-refractivity contribution >= 4 is 45.5 Å². The minimum atomic E-state index is -0.409. The molecule has 1 atom stereocenters. The van der Waals surface area contributed by atoms with Gasteiger partial charge in [-0.1, -0.05) is 30.0 Å². The van der Waals surface area contributed by atoms with E-state index in [0.29, 0.717) is 28.3 Å². The second-order valence-corrected chi connectivity index (χ2v) is 9.45. The van der Waals surface area contributed by atoms with Gasteiger partial charge in [-0.3, -0.25) is 0 Å². The van der Waals surface area contributed by atoms with Gasteiger partial charge in [-0.15, -0.1) is 0 Å². The molecular weight excluding hydrogens is 565 g/mol. The van der Waals surface area contributed by atoms with Crippen molar-refractivity contribution in [3.63, 3.8) is 0 Å². The summed E-state index contributed by atoms with van der Waals surface area (Å²) >= 11 is 3.71. The van der Waals surface area contributed by atoms with Crippen LogP contribution in [-0.2, 0) is 16.1 Å². The number of nitriles is 1. The summed E-state index contributed by atoms with van der Waals surface area (Å²) in [4.78, 5) is 19.5. The van der Waals surface area contributed by atoms with Crippen molar-refractivity contribution in [3.8, 4) is 17.6 Å². The maximum Gasteiger partial charge on any atom is 0.338 e. The Labute approximate surface area is 216 Å². The van der Waals surface area contributed by atoms with Gasteiger partial charge in [0.2, 0.25) is 0 Å². The van der Waals surface area contributed by atoms with E-state index in [-0.39, 0.29) is 19.2 Å². The van der Waals surface area contributed by atoms with Crippen molar-refractivity contribution in [2.75, 3.05) is 13.7 Å². The van der Waals surface area contributed by atoms with E-state index < -0.39 is 6.04 Å². The third-order valence-corrected chi connectivity index (χ3v) is 6.97. The minimum absolute atomic E-state index is 0.230. The maximum absolute atomic E-state index is 12.9. The number of aliphatic imine (C=N–C) groups is 1. The van der Waals surface area contributed by atoms with Crippen LogP contribution < -0.4 is 9.47 Å². The molecule has 0 amide bonds. The lowest BCUT2D eigenvalue weighted by Gasteiger charge is -2.33. The van der Waals surface area contributed by atoms with Gasteiger partial charge in [0.05, 0.1) is 46.2 Å². The third kappa shape index (κ3) is 4.65. The van der Waals surface area contributed by atoms with Crippen LogP contribution in [0.15, 0.2) is 64.3 Å². The summed E-state index contributed by atoms with van der Waals surface area (Å²) in [5.41, 5.74) is 3.34. The molecule has 0 unspecified atom stereocenters. The summed E-state index contributed by atoms with van der Waals surface area (Å²) in [5.74, 6) is 0.728. The molecule has 0 fully saturated rings. The van der Waals surface area contributed by atoms with Crippen LogP contribution in [-0.4, -0.2) is 29.8 Å². The minimum Gasteiger partial charge on any atom is -0.493 e. The number of carbonyl (C=O) groups is 1. The average Bonchev–Trinajstić information content (AvgIpc) is 3.30. The predicted octanol–water partition coefficient (Wildman–Crippen LogP) is 5.52. The summed E-state index contributed by atoms with van der Waals surface area (Å²) in [7, 11) is 1.58. The molecule has 7 nitrogen and oxygen atoms in total. The first-order chi connectivity index (χ1) is 16.5. The molecule has 2 aliphatic rings. The lowest BCUT2D eigenvalue weighted by Crippen LogP contribution is -2.34. The van der Waals surface area contributed by atoms with Crippen LogP contribution in [0.25, 0.3) is 0 Å². The Kier molecular flexibility index (Phi) is 7.48. The molecule has 0 saturated heterocycles. The summed E-state index contributed by atoms with van der Waals surface area (Å²) < 4.78 is 18.0. The van der Waals surface area contributed by atoms with Gasteiger partial charge in [-0.2, -0.15) is 5.26 Å². The molecular formula is C25H22IN3O4S. The molecule has 2 aromatic carbocycles. The van der Waals surface area contributed by atoms with Gasteiger partial charge in [0.25, 0.3) is 0 Å². The van der Waals surface area contributed by atoms with Crippen LogP contribution in [0.2, 0.25) is 0 Å². The predicted molar refractivity (Wildman–Crippen MR) is 139 cm³/mol. The Bertz CT molecular complexity index is 1270. The van der Waals surface area contributed by atoms with Gasteiger partial charge in [-0.25, -0.2) is 9.79 Å². The molecule has 9 heteroatoms. The smallest absolute Gasteiger partial charge is 0.338 e. The SMILES string of the molecule is CCOC(=O)C1=C(C)N=C2SC=CN2[C@@H]1c1cc(I)c(OCc2ccccc2C#N)c(OC)c1. The first kappa shape index (κ1) is 24.2. The molecule has 0 bridgehead atoms. The fourth-order valence-corrected chi connectivity index (χ4v) is 5.41. The van der Waals surface area contributed by atoms with Crippen molar-refractivity contribution in [1.29, 1.82) is 5.26 Å². The number of allylic oxidation sites excluding steroid dienone is 1. The van der Waals surface area contributed by atoms with Gasteiger partial charge >= 0.3 is 5.97 Å². The number of amidine groups is 1. The van der Waals surface area contributed by atoms with Crippen molar-refractivity contribution < 1.29 is 19.0 Å². The monoisotopic (exact) mass is 587 g/mol. The summed E-state index contributed by atoms with van der Waals surface area (Å²) in [6.07, 6.45) is 1.92. The molecule has 0 N–H and O–H groups in total. The molecule has 2 aliphatic heterocycles. The number of fused-ring (bicyclic) bond motifs is 1. The highest BCUT2D eigenvalue weighted by molar-refractivity contribution is 14.1. The Hall–Kier alpha value is -2.97. The molecule has 0 aromatic heterocycles. The van der Waals surface area contributed by atoms with Crippen LogP contribution in [0.3, 0.4) is 0 Å². The van der Waals surface area contributed by atoms with E-state index >= 15 is 0 Å². The topological polar surface area (TPSA) is 84.1 Å². The second-order valence-electron chi connectivity index (χ2n) is 7.42. The van der Waals surface area contributed by atoms with Crippen LogP contribution in [0.1, 0.15) is 36.6 Å². The molecule has 174 valence electrons. The second kappa shape index (κ2) is 10.5. The van der Waals surface area contributed by atoms with Crippen LogP contribution in [0.4, 0.5) is 0 Å². The number of rotatable bonds is 7. The van der Waals surface area contributed by atoms with Gasteiger partial charge in [-0.05, 0) is 65.6 Å². The number of halogens is 1. The van der Waals surface area contributed by atoms with E-state index in [1.807, 2.05) is 53.8 Å². The Morgan fingerprint density at radius 1 is 1.32 bits per heavy atom. The highest BCUT2D eigenvalue weighted by atomic mass is 127. The standard InChI is InChI=1S/C25H22IN3O4S/c1-4-32-24(30)21-15(2)28-25-29(9-10-34-25)22(21)18-11-19(26)23(20(12-18)31-3)33-14-17-8-6-5-7-16(17)13-27/h5-12,22H,4,14H2,1-3H3/t22-/m1/s1. The van der Waals surface area contributed by atoms with E-state index in [0.717, 1.165) is 19.9 Å². The summed E-state index contributed by atoms with van der Waals surface area (Å²) in [6.45, 7) is 4.12. The fourth-order valence-electron chi connectivity index (χ4n) is 3.84. The molecule has 0 saturated carbocycles. The number of hydrogen-bond donors (Lipinski definition) is 0. The molecule has 0 spiro atoms. The number of thioether (sulfide) groups is 1. The van der Waals surface area contributed by atoms with Crippen molar-refractivity contribution in [2.24, 2.45) is 4.99 Å². The van der Waals surface area contributed by atoms with Crippen LogP contribution in [0, 0.1) is 14.9 Å². The molecule has 2 aromatic rings. The fraction of sp³-hybridized carbons (Fsp3) is 0.240. The molecule has 0 aliphatic carbocycles. The number of carbonyl (C=O) groups excluding carboxylic acids is 1. The molecule has 4 rings (SSSR count). The number of nitrogens with zero attached hydrogens (tertiary/aromatic N) is 3. The lowest BCUT2D eigenvalue weighted by atomic mass is 9.94. The third-order valence-electron chi connectivity index (χ3n) is 5.39. The van der Waals surface area contributed by atoms with Crippen molar-refractivity contribution in [1.82, 2.24) is 4.90 Å². The Morgan fingerprint density at radius 3 is 2.85 bits per heavy atom. The zero-order chi connectivity index (χ0) is 24.2. The average molecular weight is 587 g/mol. The van der Waals surface area contributed by atoms with Crippen LogP contribution in [0.5, 0.6) is 11.5 Å². The Morgan fingerprint density at radius 2 is 2.12 bits per heavy atom. The van der Waals surface area contributed by atoms with E-state index in [4.69, 9.17) is 14.2 Å². The van der Waals surface area contributed by atoms with E-state index in [2.05, 4.69) is 33.7 Å². The van der Waals surface area contributed by atoms with E-state index in [1.54, 1.807) is 20.1 Å². The van der Waals surface area contributed by atoms with Crippen molar-refractivity contribution in [3.05, 3.63) is 79.5 Å². The zero-order valence-corrected chi connectivity index (χ0v) is 21.8. The quantitative estimate of drug-likeness (QED) is 0.312. The number of methoxy groups -OCH3 is 1. The number of hydrogen-bond acceptors (Lipinski definition) is 8. The maximum atomic E-state index is 12.9. The van der Waals surface area contributed by atoms with E-state index in [1.165, 1.54) is 11.8 Å². The van der Waals surface area contributed by atoms with E-state index in [9.17, 15) is 10.1 Å². The largest absolute Gasteiger partial charge is 0.493 e. The number of esters is 1.